The predicted molar refractivity (Wildman–Crippen MR) is 98.8 cm³/mol. The maximum atomic E-state index is 11.1. The molecule has 0 unspecified atom stereocenters. The van der Waals surface area contributed by atoms with Gasteiger partial charge in [0.15, 0.2) is 0 Å². The summed E-state index contributed by atoms with van der Waals surface area (Å²) in [4.78, 5) is 21.4. The Bertz CT molecular complexity index is 447. The van der Waals surface area contributed by atoms with E-state index in [0.717, 1.165) is 14.1 Å². The van der Waals surface area contributed by atoms with Crippen molar-refractivity contribution in [2.24, 2.45) is 0 Å². The van der Waals surface area contributed by atoms with Crippen molar-refractivity contribution in [1.82, 2.24) is 0 Å². The molecular weight excluding hydrogens is 311 g/mol. The van der Waals surface area contributed by atoms with E-state index < -0.39 is 0 Å². The average molecular weight is 342 g/mol. The fraction of sp³-hybridized carbons (Fsp3) is 0.556. The van der Waals surface area contributed by atoms with Gasteiger partial charge in [0.2, 0.25) is 0 Å². The Morgan fingerprint density at radius 3 is 1.78 bits per heavy atom. The first-order valence-corrected chi connectivity index (χ1v) is 9.59. The Kier molecular flexibility index (Phi) is 13.6. The van der Waals surface area contributed by atoms with Crippen LogP contribution in [0.3, 0.4) is 0 Å². The van der Waals surface area contributed by atoms with Gasteiger partial charge in [0.1, 0.15) is 5.60 Å². The van der Waals surface area contributed by atoms with Gasteiger partial charge in [-0.25, -0.2) is 4.79 Å². The molecule has 0 aliphatic carbocycles. The highest BCUT2D eigenvalue weighted by Gasteiger charge is 2.11. The summed E-state index contributed by atoms with van der Waals surface area (Å²) in [6.45, 7) is 15.4. The summed E-state index contributed by atoms with van der Waals surface area (Å²) < 4.78 is 9.63. The largest absolute Gasteiger partial charge is 0.462 e. The molecule has 0 aliphatic heterocycles. The van der Waals surface area contributed by atoms with E-state index in [1.807, 2.05) is 39.8 Å². The molecule has 0 heterocycles. The number of hydrogen-bond acceptors (Lipinski definition) is 4. The van der Waals surface area contributed by atoms with Crippen molar-refractivity contribution in [2.75, 3.05) is 19.9 Å². The third-order valence-electron chi connectivity index (χ3n) is 2.01. The van der Waals surface area contributed by atoms with Crippen LogP contribution < -0.4 is 0 Å². The topological polar surface area (TPSA) is 52.6 Å². The van der Waals surface area contributed by atoms with Gasteiger partial charge in [0, 0.05) is 6.92 Å². The molecule has 0 amide bonds. The van der Waals surface area contributed by atoms with Crippen LogP contribution in [0.1, 0.15) is 50.5 Å². The highest BCUT2D eigenvalue weighted by atomic mass is 31.1. The molecule has 4 nitrogen and oxygen atoms in total. The number of ether oxygens (including phenoxy) is 2. The molecule has 0 saturated carbocycles. The Labute approximate surface area is 142 Å². The summed E-state index contributed by atoms with van der Waals surface area (Å²) in [6, 6.07) is 7.33. The van der Waals surface area contributed by atoms with E-state index in [4.69, 9.17) is 9.47 Å². The molecule has 0 bridgehead atoms. The maximum absolute atomic E-state index is 11.1. The average Bonchev–Trinajstić information content (AvgIpc) is 2.38. The molecule has 0 spiro atoms. The lowest BCUT2D eigenvalue weighted by molar-refractivity contribution is -0.151. The second-order valence-corrected chi connectivity index (χ2v) is 6.79. The lowest BCUT2D eigenvalue weighted by atomic mass is 10.1. The summed E-state index contributed by atoms with van der Waals surface area (Å²) >= 11 is 0. The molecular formula is C18H31O4P. The number of carbonyl (C=O) groups excluding carboxylic acids is 2. The smallest absolute Gasteiger partial charge is 0.338 e. The van der Waals surface area contributed by atoms with E-state index in [-0.39, 0.29) is 17.5 Å². The zero-order valence-electron chi connectivity index (χ0n) is 15.6. The minimum atomic E-state index is -0.328. The summed E-state index contributed by atoms with van der Waals surface area (Å²) in [5, 5.41) is 0. The van der Waals surface area contributed by atoms with Crippen molar-refractivity contribution in [3.8, 4) is 0 Å². The molecule has 1 aromatic rings. The normalized spacial score (nSPS) is 9.57. The van der Waals surface area contributed by atoms with Crippen molar-refractivity contribution in [1.29, 1.82) is 0 Å². The second kappa shape index (κ2) is 13.1. The Morgan fingerprint density at radius 1 is 1.09 bits per heavy atom. The van der Waals surface area contributed by atoms with Gasteiger partial charge in [-0.05, 0) is 60.1 Å². The number of benzene rings is 1. The van der Waals surface area contributed by atoms with Crippen LogP contribution in [-0.4, -0.2) is 37.5 Å². The van der Waals surface area contributed by atoms with E-state index in [2.05, 4.69) is 13.3 Å². The highest BCUT2D eigenvalue weighted by molar-refractivity contribution is 7.35. The minimum Gasteiger partial charge on any atom is -0.462 e. The first kappa shape index (κ1) is 23.9. The van der Waals surface area contributed by atoms with Gasteiger partial charge in [0.05, 0.1) is 12.2 Å². The van der Waals surface area contributed by atoms with Crippen LogP contribution in [0.5, 0.6) is 0 Å². The molecule has 5 heteroatoms. The molecule has 0 atom stereocenters. The van der Waals surface area contributed by atoms with Crippen molar-refractivity contribution < 1.29 is 19.1 Å². The molecule has 0 radical (unpaired) electrons. The monoisotopic (exact) mass is 342 g/mol. The van der Waals surface area contributed by atoms with E-state index in [0.29, 0.717) is 12.2 Å². The third-order valence-corrected chi connectivity index (χ3v) is 2.01. The Morgan fingerprint density at radius 2 is 1.52 bits per heavy atom. The number of rotatable bonds is 2. The number of carbonyl (C=O) groups is 2. The van der Waals surface area contributed by atoms with Crippen molar-refractivity contribution in [3.63, 3.8) is 0 Å². The Balaban J connectivity index is 0. The lowest BCUT2D eigenvalue weighted by Crippen LogP contribution is -2.21. The fourth-order valence-corrected chi connectivity index (χ4v) is 1.34. The van der Waals surface area contributed by atoms with Crippen molar-refractivity contribution in [2.45, 2.75) is 47.1 Å². The predicted octanol–water partition coefficient (Wildman–Crippen LogP) is 4.44. The van der Waals surface area contributed by atoms with Crippen LogP contribution in [-0.2, 0) is 14.3 Å². The molecule has 0 saturated heterocycles. The third kappa shape index (κ3) is 16.8. The van der Waals surface area contributed by atoms with Gasteiger partial charge in [-0.1, -0.05) is 17.7 Å². The van der Waals surface area contributed by atoms with Crippen molar-refractivity contribution >= 4 is 20.5 Å². The van der Waals surface area contributed by atoms with E-state index in [9.17, 15) is 9.59 Å². The van der Waals surface area contributed by atoms with Gasteiger partial charge in [-0.3, -0.25) is 4.79 Å². The molecule has 0 aliphatic rings. The maximum Gasteiger partial charge on any atom is 0.338 e. The van der Waals surface area contributed by atoms with Crippen LogP contribution >= 0.6 is 8.58 Å². The number of esters is 2. The standard InChI is InChI=1S/C10H12O2.C6H12O2.C2H7P/c1-3-12-10(11)9-6-4-8(2)5-7-9;1-5(7)8-6(2,3)4;1-3-2/h4-7H,3H2,1-2H3;1-4H3;3H,1-2H3. The van der Waals surface area contributed by atoms with Crippen LogP contribution in [0.2, 0.25) is 0 Å². The minimum absolute atomic E-state index is 0.225. The lowest BCUT2D eigenvalue weighted by Gasteiger charge is -2.17. The van der Waals surface area contributed by atoms with Crippen molar-refractivity contribution in [3.05, 3.63) is 35.4 Å². The first-order valence-electron chi connectivity index (χ1n) is 7.59. The quantitative estimate of drug-likeness (QED) is 0.589. The summed E-state index contributed by atoms with van der Waals surface area (Å²) in [6.07, 6.45) is 0. The second-order valence-electron chi connectivity index (χ2n) is 5.79. The molecule has 0 N–H and O–H groups in total. The summed E-state index contributed by atoms with van der Waals surface area (Å²) in [7, 11) is 1.08. The van der Waals surface area contributed by atoms with Gasteiger partial charge in [0.25, 0.3) is 0 Å². The molecule has 0 fully saturated rings. The van der Waals surface area contributed by atoms with Crippen LogP contribution in [0.4, 0.5) is 0 Å². The summed E-state index contributed by atoms with van der Waals surface area (Å²) in [5.41, 5.74) is 1.43. The Hall–Kier alpha value is -1.41. The van der Waals surface area contributed by atoms with Crippen LogP contribution in [0.25, 0.3) is 0 Å². The number of hydrogen-bond donors (Lipinski definition) is 0. The summed E-state index contributed by atoms with van der Waals surface area (Å²) in [5.74, 6) is -0.477. The van der Waals surface area contributed by atoms with E-state index in [1.54, 1.807) is 19.1 Å². The van der Waals surface area contributed by atoms with Gasteiger partial charge < -0.3 is 9.47 Å². The molecule has 132 valence electrons. The van der Waals surface area contributed by atoms with Crippen LogP contribution in [0.15, 0.2) is 24.3 Å². The molecule has 1 rings (SSSR count). The fourth-order valence-electron chi connectivity index (χ4n) is 1.34. The molecule has 23 heavy (non-hydrogen) atoms. The van der Waals surface area contributed by atoms with Gasteiger partial charge in [-0.15, -0.1) is 8.58 Å². The van der Waals surface area contributed by atoms with Gasteiger partial charge >= 0.3 is 11.9 Å². The van der Waals surface area contributed by atoms with Crippen LogP contribution in [0, 0.1) is 6.92 Å². The zero-order chi connectivity index (χ0) is 18.5. The van der Waals surface area contributed by atoms with E-state index >= 15 is 0 Å². The van der Waals surface area contributed by atoms with Gasteiger partial charge in [-0.2, -0.15) is 0 Å². The van der Waals surface area contributed by atoms with E-state index in [1.165, 1.54) is 6.92 Å². The molecule has 1 aromatic carbocycles. The molecule has 0 aromatic heterocycles. The SMILES string of the molecule is CC(=O)OC(C)(C)C.CCOC(=O)c1ccc(C)cc1.CPC. The first-order chi connectivity index (χ1) is 10.6. The zero-order valence-corrected chi connectivity index (χ0v) is 16.6. The number of aryl methyl sites for hydroxylation is 1. The highest BCUT2D eigenvalue weighted by Crippen LogP contribution is 2.05.